The molecule has 1 unspecified atom stereocenters. The van der Waals surface area contributed by atoms with Crippen molar-refractivity contribution in [1.29, 1.82) is 0 Å². The molecule has 0 fully saturated rings. The average molecular weight is 346 g/mol. The van der Waals surface area contributed by atoms with Crippen LogP contribution >= 0.6 is 0 Å². The zero-order valence-corrected chi connectivity index (χ0v) is 15.2. The molecule has 26 heavy (non-hydrogen) atoms. The fraction of sp³-hybridized carbons (Fsp3) is 0.238. The Kier molecular flexibility index (Phi) is 4.09. The molecule has 0 saturated heterocycles. The number of aliphatic hydroxyl groups is 1. The molecule has 0 bridgehead atoms. The highest BCUT2D eigenvalue weighted by molar-refractivity contribution is 5.84. The molecule has 1 atom stereocenters. The van der Waals surface area contributed by atoms with Crippen LogP contribution in [0.4, 0.5) is 0 Å². The lowest BCUT2D eigenvalue weighted by Gasteiger charge is -2.10. The Hall–Kier alpha value is -2.92. The van der Waals surface area contributed by atoms with Gasteiger partial charge in [-0.2, -0.15) is 5.10 Å². The predicted octanol–water partition coefficient (Wildman–Crippen LogP) is 4.04. The van der Waals surface area contributed by atoms with Crippen LogP contribution in [-0.4, -0.2) is 24.4 Å². The standard InChI is InChI=1S/C21H22N4O/c1-4-21-23-19-11-16(17-12-22-24(3)13-17)7-10-20(19)25(21)18-8-5-15(6-9-18)14(2)26/h5-14,26H,4H2,1-3H3. The molecule has 1 N–H and O–H groups in total. The lowest BCUT2D eigenvalue weighted by Crippen LogP contribution is -2.00. The number of nitrogens with zero attached hydrogens (tertiary/aromatic N) is 4. The SMILES string of the molecule is CCc1nc2cc(-c3cnn(C)c3)ccc2n1-c1ccc(C(C)O)cc1. The van der Waals surface area contributed by atoms with E-state index in [4.69, 9.17) is 4.98 Å². The van der Waals surface area contributed by atoms with Crippen molar-refractivity contribution < 1.29 is 5.11 Å². The summed E-state index contributed by atoms with van der Waals surface area (Å²) in [6, 6.07) is 14.4. The van der Waals surface area contributed by atoms with Crippen LogP contribution in [0, 0.1) is 0 Å². The molecule has 2 heterocycles. The molecule has 4 aromatic rings. The van der Waals surface area contributed by atoms with Crippen molar-refractivity contribution in [1.82, 2.24) is 19.3 Å². The minimum absolute atomic E-state index is 0.462. The monoisotopic (exact) mass is 346 g/mol. The van der Waals surface area contributed by atoms with Crippen LogP contribution in [-0.2, 0) is 13.5 Å². The van der Waals surface area contributed by atoms with Crippen molar-refractivity contribution in [2.75, 3.05) is 0 Å². The molecular formula is C21H22N4O. The van der Waals surface area contributed by atoms with E-state index in [2.05, 4.69) is 34.8 Å². The van der Waals surface area contributed by atoms with Gasteiger partial charge in [0.1, 0.15) is 5.82 Å². The van der Waals surface area contributed by atoms with Gasteiger partial charge < -0.3 is 5.11 Å². The van der Waals surface area contributed by atoms with Gasteiger partial charge >= 0.3 is 0 Å². The molecule has 0 aliphatic heterocycles. The number of aromatic nitrogens is 4. The highest BCUT2D eigenvalue weighted by atomic mass is 16.3. The summed E-state index contributed by atoms with van der Waals surface area (Å²) in [5, 5.41) is 14.0. The van der Waals surface area contributed by atoms with E-state index in [0.717, 1.165) is 45.7 Å². The predicted molar refractivity (Wildman–Crippen MR) is 103 cm³/mol. The number of imidazole rings is 1. The van der Waals surface area contributed by atoms with Gasteiger partial charge in [0.15, 0.2) is 0 Å². The molecule has 132 valence electrons. The Morgan fingerprint density at radius 1 is 1.08 bits per heavy atom. The molecule has 5 heteroatoms. The van der Waals surface area contributed by atoms with Crippen molar-refractivity contribution in [2.45, 2.75) is 26.4 Å². The van der Waals surface area contributed by atoms with E-state index in [1.807, 2.05) is 43.7 Å². The number of benzene rings is 2. The second-order valence-corrected chi connectivity index (χ2v) is 6.59. The summed E-state index contributed by atoms with van der Waals surface area (Å²) in [6.45, 7) is 3.89. The van der Waals surface area contributed by atoms with E-state index in [0.29, 0.717) is 0 Å². The first-order chi connectivity index (χ1) is 12.6. The van der Waals surface area contributed by atoms with Crippen LogP contribution in [0.1, 0.15) is 31.3 Å². The molecule has 0 radical (unpaired) electrons. The Morgan fingerprint density at radius 3 is 2.46 bits per heavy atom. The Labute approximate surface area is 152 Å². The van der Waals surface area contributed by atoms with Gasteiger partial charge in [-0.3, -0.25) is 9.25 Å². The second kappa shape index (κ2) is 6.42. The van der Waals surface area contributed by atoms with Gasteiger partial charge in [-0.15, -0.1) is 0 Å². The topological polar surface area (TPSA) is 55.9 Å². The van der Waals surface area contributed by atoms with Crippen molar-refractivity contribution >= 4 is 11.0 Å². The van der Waals surface area contributed by atoms with E-state index >= 15 is 0 Å². The van der Waals surface area contributed by atoms with Gasteiger partial charge in [0.25, 0.3) is 0 Å². The third-order valence-corrected chi connectivity index (χ3v) is 4.71. The Bertz CT molecular complexity index is 1060. The summed E-state index contributed by atoms with van der Waals surface area (Å²) in [5.74, 6) is 1.02. The summed E-state index contributed by atoms with van der Waals surface area (Å²) >= 11 is 0. The van der Waals surface area contributed by atoms with Crippen LogP contribution in [0.25, 0.3) is 27.8 Å². The number of aryl methyl sites for hydroxylation is 2. The lowest BCUT2D eigenvalue weighted by atomic mass is 10.1. The van der Waals surface area contributed by atoms with Gasteiger partial charge in [-0.05, 0) is 42.3 Å². The minimum Gasteiger partial charge on any atom is -0.389 e. The molecule has 0 saturated carbocycles. The van der Waals surface area contributed by atoms with E-state index in [1.165, 1.54) is 0 Å². The van der Waals surface area contributed by atoms with Crippen molar-refractivity contribution in [3.63, 3.8) is 0 Å². The van der Waals surface area contributed by atoms with Gasteiger partial charge in [0, 0.05) is 30.9 Å². The first kappa shape index (κ1) is 16.5. The van der Waals surface area contributed by atoms with Gasteiger partial charge in [-0.1, -0.05) is 25.1 Å². The summed E-state index contributed by atoms with van der Waals surface area (Å²) < 4.78 is 3.99. The smallest absolute Gasteiger partial charge is 0.114 e. The molecule has 0 spiro atoms. The molecule has 2 aromatic carbocycles. The fourth-order valence-corrected chi connectivity index (χ4v) is 3.31. The largest absolute Gasteiger partial charge is 0.389 e. The van der Waals surface area contributed by atoms with Gasteiger partial charge in [-0.25, -0.2) is 4.98 Å². The summed E-state index contributed by atoms with van der Waals surface area (Å²) in [5.41, 5.74) is 6.23. The quantitative estimate of drug-likeness (QED) is 0.607. The molecule has 2 aromatic heterocycles. The zero-order valence-electron chi connectivity index (χ0n) is 15.2. The molecule has 0 aliphatic rings. The maximum absolute atomic E-state index is 9.73. The number of rotatable bonds is 4. The van der Waals surface area contributed by atoms with Crippen LogP contribution in [0.15, 0.2) is 54.9 Å². The van der Waals surface area contributed by atoms with Crippen LogP contribution in [0.3, 0.4) is 0 Å². The van der Waals surface area contributed by atoms with Crippen molar-refractivity contribution in [2.24, 2.45) is 7.05 Å². The van der Waals surface area contributed by atoms with E-state index in [9.17, 15) is 5.11 Å². The Morgan fingerprint density at radius 2 is 1.85 bits per heavy atom. The Balaban J connectivity index is 1.83. The van der Waals surface area contributed by atoms with Gasteiger partial charge in [0.2, 0.25) is 0 Å². The normalized spacial score (nSPS) is 12.6. The highest BCUT2D eigenvalue weighted by Crippen LogP contribution is 2.28. The van der Waals surface area contributed by atoms with Crippen LogP contribution in [0.5, 0.6) is 0 Å². The average Bonchev–Trinajstić information content (AvgIpc) is 3.24. The molecule has 5 nitrogen and oxygen atoms in total. The molecule has 0 aliphatic carbocycles. The molecule has 4 rings (SSSR count). The third-order valence-electron chi connectivity index (χ3n) is 4.71. The number of fused-ring (bicyclic) bond motifs is 1. The first-order valence-corrected chi connectivity index (χ1v) is 8.85. The summed E-state index contributed by atoms with van der Waals surface area (Å²) in [6.07, 6.45) is 4.26. The second-order valence-electron chi connectivity index (χ2n) is 6.59. The van der Waals surface area contributed by atoms with E-state index < -0.39 is 6.10 Å². The maximum Gasteiger partial charge on any atom is 0.114 e. The minimum atomic E-state index is -0.462. The molecular weight excluding hydrogens is 324 g/mol. The first-order valence-electron chi connectivity index (χ1n) is 8.85. The van der Waals surface area contributed by atoms with Crippen LogP contribution < -0.4 is 0 Å². The lowest BCUT2D eigenvalue weighted by molar-refractivity contribution is 0.199. The zero-order chi connectivity index (χ0) is 18.3. The van der Waals surface area contributed by atoms with Crippen molar-refractivity contribution in [3.05, 3.63) is 66.2 Å². The molecule has 0 amide bonds. The fourth-order valence-electron chi connectivity index (χ4n) is 3.31. The maximum atomic E-state index is 9.73. The van der Waals surface area contributed by atoms with E-state index in [-0.39, 0.29) is 0 Å². The number of hydrogen-bond acceptors (Lipinski definition) is 3. The van der Waals surface area contributed by atoms with Crippen LogP contribution in [0.2, 0.25) is 0 Å². The van der Waals surface area contributed by atoms with Crippen molar-refractivity contribution in [3.8, 4) is 16.8 Å². The highest BCUT2D eigenvalue weighted by Gasteiger charge is 2.13. The summed E-state index contributed by atoms with van der Waals surface area (Å²) in [4.78, 5) is 4.84. The van der Waals surface area contributed by atoms with Gasteiger partial charge in [0.05, 0.1) is 23.3 Å². The number of hydrogen-bond donors (Lipinski definition) is 1. The third kappa shape index (κ3) is 2.80. The number of aliphatic hydroxyl groups excluding tert-OH is 1. The summed E-state index contributed by atoms with van der Waals surface area (Å²) in [7, 11) is 1.92. The van der Waals surface area contributed by atoms with E-state index in [1.54, 1.807) is 11.6 Å².